The summed E-state index contributed by atoms with van der Waals surface area (Å²) in [5.41, 5.74) is 1.53. The SMILES string of the molecule is CC(=O)Nc1cccc(Nc2nnc(SCC(=O)N3CC(C)CC(C)C3)s2)c1. The molecule has 9 heteroatoms. The molecular weight excluding hydrogens is 394 g/mol. The molecule has 28 heavy (non-hydrogen) atoms. The molecule has 3 rings (SSSR count). The first kappa shape index (κ1) is 20.6. The minimum Gasteiger partial charge on any atom is -0.341 e. The van der Waals surface area contributed by atoms with Gasteiger partial charge in [0, 0.05) is 31.4 Å². The van der Waals surface area contributed by atoms with E-state index in [-0.39, 0.29) is 11.8 Å². The zero-order chi connectivity index (χ0) is 20.1. The molecule has 1 aliphatic heterocycles. The Morgan fingerprint density at radius 1 is 1.21 bits per heavy atom. The van der Waals surface area contributed by atoms with Crippen molar-refractivity contribution in [1.29, 1.82) is 0 Å². The van der Waals surface area contributed by atoms with Gasteiger partial charge in [0.25, 0.3) is 0 Å². The van der Waals surface area contributed by atoms with Crippen molar-refractivity contribution >= 4 is 51.4 Å². The molecule has 0 saturated carbocycles. The van der Waals surface area contributed by atoms with Gasteiger partial charge in [0.05, 0.1) is 5.75 Å². The maximum atomic E-state index is 12.5. The molecule has 2 heterocycles. The van der Waals surface area contributed by atoms with Gasteiger partial charge in [0.1, 0.15) is 0 Å². The normalized spacial score (nSPS) is 19.3. The smallest absolute Gasteiger partial charge is 0.233 e. The molecule has 0 radical (unpaired) electrons. The first-order chi connectivity index (χ1) is 13.4. The van der Waals surface area contributed by atoms with Gasteiger partial charge in [0.2, 0.25) is 16.9 Å². The Labute approximate surface area is 173 Å². The molecule has 7 nitrogen and oxygen atoms in total. The minimum absolute atomic E-state index is 0.117. The summed E-state index contributed by atoms with van der Waals surface area (Å²) >= 11 is 2.83. The highest BCUT2D eigenvalue weighted by Crippen LogP contribution is 2.29. The monoisotopic (exact) mass is 419 g/mol. The van der Waals surface area contributed by atoms with E-state index in [1.165, 1.54) is 36.4 Å². The van der Waals surface area contributed by atoms with Crippen molar-refractivity contribution < 1.29 is 9.59 Å². The van der Waals surface area contributed by atoms with Crippen LogP contribution in [-0.4, -0.2) is 45.8 Å². The Bertz CT molecular complexity index is 831. The number of likely N-dealkylation sites (tertiary alicyclic amines) is 1. The number of piperidine rings is 1. The molecule has 150 valence electrons. The van der Waals surface area contributed by atoms with Crippen LogP contribution in [0.3, 0.4) is 0 Å². The van der Waals surface area contributed by atoms with Crippen molar-refractivity contribution in [3.63, 3.8) is 0 Å². The predicted molar refractivity (Wildman–Crippen MR) is 114 cm³/mol. The molecule has 0 spiro atoms. The lowest BCUT2D eigenvalue weighted by atomic mass is 9.92. The van der Waals surface area contributed by atoms with E-state index in [1.807, 2.05) is 29.2 Å². The van der Waals surface area contributed by atoms with E-state index in [1.54, 1.807) is 0 Å². The van der Waals surface area contributed by atoms with E-state index in [9.17, 15) is 9.59 Å². The summed E-state index contributed by atoms with van der Waals surface area (Å²) in [7, 11) is 0. The molecule has 1 fully saturated rings. The molecule has 0 bridgehead atoms. The summed E-state index contributed by atoms with van der Waals surface area (Å²) in [5, 5.41) is 14.9. The van der Waals surface area contributed by atoms with Crippen LogP contribution in [0.5, 0.6) is 0 Å². The topological polar surface area (TPSA) is 87.2 Å². The van der Waals surface area contributed by atoms with Crippen molar-refractivity contribution in [1.82, 2.24) is 15.1 Å². The van der Waals surface area contributed by atoms with Crippen LogP contribution in [0.2, 0.25) is 0 Å². The quantitative estimate of drug-likeness (QED) is 0.692. The summed E-state index contributed by atoms with van der Waals surface area (Å²) in [6.45, 7) is 7.56. The van der Waals surface area contributed by atoms with E-state index in [0.717, 1.165) is 23.1 Å². The van der Waals surface area contributed by atoms with Gasteiger partial charge >= 0.3 is 0 Å². The lowest BCUT2D eigenvalue weighted by Gasteiger charge is -2.34. The van der Waals surface area contributed by atoms with Gasteiger partial charge in [-0.3, -0.25) is 9.59 Å². The number of nitrogens with one attached hydrogen (secondary N) is 2. The molecule has 2 unspecified atom stereocenters. The van der Waals surface area contributed by atoms with Crippen molar-refractivity contribution in [3.8, 4) is 0 Å². The van der Waals surface area contributed by atoms with Crippen molar-refractivity contribution in [2.45, 2.75) is 31.5 Å². The highest BCUT2D eigenvalue weighted by Gasteiger charge is 2.25. The van der Waals surface area contributed by atoms with Gasteiger partial charge in [-0.25, -0.2) is 0 Å². The number of thioether (sulfide) groups is 1. The second-order valence-corrected chi connectivity index (χ2v) is 9.49. The van der Waals surface area contributed by atoms with Crippen LogP contribution in [0.25, 0.3) is 0 Å². The lowest BCUT2D eigenvalue weighted by Crippen LogP contribution is -2.43. The van der Waals surface area contributed by atoms with Gasteiger partial charge in [0.15, 0.2) is 4.34 Å². The zero-order valence-corrected chi connectivity index (χ0v) is 17.9. The number of hydrogen-bond donors (Lipinski definition) is 2. The molecule has 1 aromatic heterocycles. The van der Waals surface area contributed by atoms with Gasteiger partial charge in [-0.1, -0.05) is 43.0 Å². The zero-order valence-electron chi connectivity index (χ0n) is 16.3. The predicted octanol–water partition coefficient (Wildman–Crippen LogP) is 3.84. The van der Waals surface area contributed by atoms with Crippen LogP contribution in [0.1, 0.15) is 27.2 Å². The number of nitrogens with zero attached hydrogens (tertiary/aromatic N) is 3. The van der Waals surface area contributed by atoms with Crippen LogP contribution in [0.4, 0.5) is 16.5 Å². The number of aromatic nitrogens is 2. The second kappa shape index (κ2) is 9.38. The summed E-state index contributed by atoms with van der Waals surface area (Å²) in [5.74, 6) is 1.54. The fourth-order valence-corrected chi connectivity index (χ4v) is 5.08. The Hall–Kier alpha value is -2.13. The Balaban J connectivity index is 1.53. The molecule has 1 aromatic carbocycles. The number of carbonyl (C=O) groups is 2. The molecule has 2 N–H and O–H groups in total. The highest BCUT2D eigenvalue weighted by molar-refractivity contribution is 8.01. The molecule has 0 aliphatic carbocycles. The highest BCUT2D eigenvalue weighted by atomic mass is 32.2. The fourth-order valence-electron chi connectivity index (χ4n) is 3.40. The summed E-state index contributed by atoms with van der Waals surface area (Å²) < 4.78 is 0.756. The third-order valence-corrected chi connectivity index (χ3v) is 6.34. The van der Waals surface area contributed by atoms with E-state index in [2.05, 4.69) is 34.7 Å². The molecule has 1 saturated heterocycles. The van der Waals surface area contributed by atoms with Crippen LogP contribution in [0, 0.1) is 11.8 Å². The van der Waals surface area contributed by atoms with Crippen LogP contribution in [-0.2, 0) is 9.59 Å². The van der Waals surface area contributed by atoms with E-state index < -0.39 is 0 Å². The summed E-state index contributed by atoms with van der Waals surface area (Å²) in [4.78, 5) is 25.6. The average Bonchev–Trinajstić information content (AvgIpc) is 3.06. The van der Waals surface area contributed by atoms with Crippen molar-refractivity contribution in [2.75, 3.05) is 29.5 Å². The molecular formula is C19H25N5O2S2. The van der Waals surface area contributed by atoms with Gasteiger partial charge in [-0.05, 0) is 36.5 Å². The minimum atomic E-state index is -0.117. The number of benzene rings is 1. The van der Waals surface area contributed by atoms with Gasteiger partial charge in [-0.15, -0.1) is 10.2 Å². The first-order valence-electron chi connectivity index (χ1n) is 9.28. The Morgan fingerprint density at radius 2 is 1.93 bits per heavy atom. The number of rotatable bonds is 6. The average molecular weight is 420 g/mol. The van der Waals surface area contributed by atoms with Crippen molar-refractivity contribution in [3.05, 3.63) is 24.3 Å². The maximum absolute atomic E-state index is 12.5. The Morgan fingerprint density at radius 3 is 2.64 bits per heavy atom. The molecule has 2 aromatic rings. The Kier molecular flexibility index (Phi) is 6.90. The van der Waals surface area contributed by atoms with E-state index in [0.29, 0.717) is 28.4 Å². The summed E-state index contributed by atoms with van der Waals surface area (Å²) in [6.07, 6.45) is 1.19. The largest absolute Gasteiger partial charge is 0.341 e. The standard InChI is InChI=1S/C19H25N5O2S2/c1-12-7-13(2)10-24(9-12)17(26)11-27-19-23-22-18(28-19)21-16-6-4-5-15(8-16)20-14(3)25/h4-6,8,12-13H,7,9-11H2,1-3H3,(H,20,25)(H,21,22). The van der Waals surface area contributed by atoms with Gasteiger partial charge in [-0.2, -0.15) is 0 Å². The van der Waals surface area contributed by atoms with E-state index >= 15 is 0 Å². The molecule has 2 amide bonds. The maximum Gasteiger partial charge on any atom is 0.233 e. The fraction of sp³-hybridized carbons (Fsp3) is 0.474. The van der Waals surface area contributed by atoms with Crippen LogP contribution < -0.4 is 10.6 Å². The number of anilines is 3. The second-order valence-electron chi connectivity index (χ2n) is 7.29. The van der Waals surface area contributed by atoms with Crippen molar-refractivity contribution in [2.24, 2.45) is 11.8 Å². The number of hydrogen-bond acceptors (Lipinski definition) is 7. The summed E-state index contributed by atoms with van der Waals surface area (Å²) in [6, 6.07) is 7.39. The lowest BCUT2D eigenvalue weighted by molar-refractivity contribution is -0.131. The van der Waals surface area contributed by atoms with Gasteiger partial charge < -0.3 is 15.5 Å². The van der Waals surface area contributed by atoms with E-state index in [4.69, 9.17) is 0 Å². The van der Waals surface area contributed by atoms with Crippen LogP contribution >= 0.6 is 23.1 Å². The molecule has 1 aliphatic rings. The first-order valence-corrected chi connectivity index (χ1v) is 11.1. The third-order valence-electron chi connectivity index (χ3n) is 4.38. The molecule has 2 atom stereocenters. The van der Waals surface area contributed by atoms with Crippen LogP contribution in [0.15, 0.2) is 28.6 Å². The number of carbonyl (C=O) groups excluding carboxylic acids is 2. The third kappa shape index (κ3) is 5.93. The number of amides is 2.